The van der Waals surface area contributed by atoms with Crippen LogP contribution in [0.15, 0.2) is 12.4 Å². The van der Waals surface area contributed by atoms with Gasteiger partial charge in [0, 0.05) is 26.2 Å². The Hall–Kier alpha value is -1.16. The number of rotatable bonds is 2. The predicted molar refractivity (Wildman–Crippen MR) is 61.2 cm³/mol. The summed E-state index contributed by atoms with van der Waals surface area (Å²) in [7, 11) is 0. The Morgan fingerprint density at radius 2 is 1.93 bits per heavy atom. The van der Waals surface area contributed by atoms with E-state index in [4.69, 9.17) is 0 Å². The molecule has 0 radical (unpaired) electrons. The van der Waals surface area contributed by atoms with Gasteiger partial charge in [-0.2, -0.15) is 0 Å². The first-order valence-corrected chi connectivity index (χ1v) is 5.55. The van der Waals surface area contributed by atoms with E-state index in [1.807, 2.05) is 12.4 Å². The standard InChI is InChI=1S/C11H18N4/c1-9(2)10-7-14-11(8-13-10)15-5-3-12-4-6-15/h7-9,12H,3-6H2,1-2H3. The van der Waals surface area contributed by atoms with Crippen molar-refractivity contribution >= 4 is 5.82 Å². The Morgan fingerprint density at radius 3 is 2.47 bits per heavy atom. The molecule has 0 bridgehead atoms. The van der Waals surface area contributed by atoms with Gasteiger partial charge in [-0.1, -0.05) is 13.8 Å². The molecule has 2 rings (SSSR count). The molecule has 0 spiro atoms. The van der Waals surface area contributed by atoms with Crippen LogP contribution in [0.25, 0.3) is 0 Å². The summed E-state index contributed by atoms with van der Waals surface area (Å²) < 4.78 is 0. The Morgan fingerprint density at radius 1 is 1.20 bits per heavy atom. The fourth-order valence-electron chi connectivity index (χ4n) is 1.69. The van der Waals surface area contributed by atoms with E-state index in [1.54, 1.807) is 0 Å². The van der Waals surface area contributed by atoms with Crippen molar-refractivity contribution in [2.45, 2.75) is 19.8 Å². The third-order valence-corrected chi connectivity index (χ3v) is 2.69. The summed E-state index contributed by atoms with van der Waals surface area (Å²) in [6.45, 7) is 8.38. The lowest BCUT2D eigenvalue weighted by atomic mass is 10.1. The van der Waals surface area contributed by atoms with E-state index in [9.17, 15) is 0 Å². The number of nitrogens with zero attached hydrogens (tertiary/aromatic N) is 3. The Bertz CT molecular complexity index is 301. The maximum Gasteiger partial charge on any atom is 0.147 e. The molecule has 1 N–H and O–H groups in total. The van der Waals surface area contributed by atoms with Gasteiger partial charge >= 0.3 is 0 Å². The lowest BCUT2D eigenvalue weighted by Crippen LogP contribution is -2.43. The summed E-state index contributed by atoms with van der Waals surface area (Å²) in [6, 6.07) is 0. The van der Waals surface area contributed by atoms with Crippen molar-refractivity contribution in [2.75, 3.05) is 31.1 Å². The molecule has 0 atom stereocenters. The highest BCUT2D eigenvalue weighted by Crippen LogP contribution is 2.14. The molecule has 0 unspecified atom stereocenters. The number of hydrogen-bond acceptors (Lipinski definition) is 4. The van der Waals surface area contributed by atoms with Gasteiger partial charge in [-0.25, -0.2) is 4.98 Å². The van der Waals surface area contributed by atoms with E-state index >= 15 is 0 Å². The largest absolute Gasteiger partial charge is 0.353 e. The van der Waals surface area contributed by atoms with Gasteiger partial charge in [-0.15, -0.1) is 0 Å². The van der Waals surface area contributed by atoms with Crippen molar-refractivity contribution in [3.63, 3.8) is 0 Å². The number of piperazine rings is 1. The minimum atomic E-state index is 0.453. The first-order chi connectivity index (χ1) is 7.27. The number of nitrogens with one attached hydrogen (secondary N) is 1. The lowest BCUT2D eigenvalue weighted by molar-refractivity contribution is 0.583. The molecular formula is C11H18N4. The quantitative estimate of drug-likeness (QED) is 0.784. The molecule has 82 valence electrons. The number of anilines is 1. The molecule has 1 aromatic heterocycles. The SMILES string of the molecule is CC(C)c1cnc(N2CCNCC2)cn1. The van der Waals surface area contributed by atoms with E-state index in [-0.39, 0.29) is 0 Å². The molecule has 4 nitrogen and oxygen atoms in total. The topological polar surface area (TPSA) is 41.1 Å². The second-order valence-corrected chi connectivity index (χ2v) is 4.19. The fraction of sp³-hybridized carbons (Fsp3) is 0.636. The van der Waals surface area contributed by atoms with Crippen LogP contribution in [-0.2, 0) is 0 Å². The van der Waals surface area contributed by atoms with Crippen LogP contribution < -0.4 is 10.2 Å². The minimum Gasteiger partial charge on any atom is -0.353 e. The van der Waals surface area contributed by atoms with E-state index < -0.39 is 0 Å². The summed E-state index contributed by atoms with van der Waals surface area (Å²) in [5, 5.41) is 3.32. The second-order valence-electron chi connectivity index (χ2n) is 4.19. The molecule has 1 fully saturated rings. The van der Waals surface area contributed by atoms with Gasteiger partial charge in [0.1, 0.15) is 5.82 Å². The Kier molecular flexibility index (Phi) is 3.16. The summed E-state index contributed by atoms with van der Waals surface area (Å²) in [5.74, 6) is 1.45. The van der Waals surface area contributed by atoms with Crippen molar-refractivity contribution in [3.8, 4) is 0 Å². The molecule has 1 aromatic rings. The zero-order chi connectivity index (χ0) is 10.7. The van der Waals surface area contributed by atoms with Gasteiger partial charge in [0.2, 0.25) is 0 Å². The van der Waals surface area contributed by atoms with E-state index in [0.29, 0.717) is 5.92 Å². The van der Waals surface area contributed by atoms with Crippen molar-refractivity contribution in [3.05, 3.63) is 18.1 Å². The van der Waals surface area contributed by atoms with Gasteiger partial charge in [-0.3, -0.25) is 4.98 Å². The van der Waals surface area contributed by atoms with Crippen LogP contribution in [0, 0.1) is 0 Å². The van der Waals surface area contributed by atoms with Crippen LogP contribution in [0.1, 0.15) is 25.5 Å². The van der Waals surface area contributed by atoms with Gasteiger partial charge in [0.25, 0.3) is 0 Å². The molecule has 2 heterocycles. The van der Waals surface area contributed by atoms with Gasteiger partial charge < -0.3 is 10.2 Å². The van der Waals surface area contributed by atoms with Crippen LogP contribution in [0.5, 0.6) is 0 Å². The Labute approximate surface area is 90.7 Å². The summed E-state index contributed by atoms with van der Waals surface area (Å²) in [4.78, 5) is 11.2. The smallest absolute Gasteiger partial charge is 0.147 e. The molecule has 0 aromatic carbocycles. The lowest BCUT2D eigenvalue weighted by Gasteiger charge is -2.28. The average molecular weight is 206 g/mol. The van der Waals surface area contributed by atoms with Crippen LogP contribution >= 0.6 is 0 Å². The predicted octanol–water partition coefficient (Wildman–Crippen LogP) is 1.01. The summed E-state index contributed by atoms with van der Waals surface area (Å²) in [5.41, 5.74) is 1.06. The maximum atomic E-state index is 4.46. The van der Waals surface area contributed by atoms with Gasteiger partial charge in [0.05, 0.1) is 18.1 Å². The molecule has 1 aliphatic rings. The van der Waals surface area contributed by atoms with Crippen LogP contribution in [0.2, 0.25) is 0 Å². The van der Waals surface area contributed by atoms with E-state index in [0.717, 1.165) is 37.7 Å². The highest BCUT2D eigenvalue weighted by atomic mass is 15.2. The van der Waals surface area contributed by atoms with E-state index in [1.165, 1.54) is 0 Å². The molecule has 15 heavy (non-hydrogen) atoms. The van der Waals surface area contributed by atoms with Crippen LogP contribution in [0.3, 0.4) is 0 Å². The second kappa shape index (κ2) is 4.57. The zero-order valence-electron chi connectivity index (χ0n) is 9.40. The molecular weight excluding hydrogens is 188 g/mol. The van der Waals surface area contributed by atoms with Gasteiger partial charge in [-0.05, 0) is 5.92 Å². The first-order valence-electron chi connectivity index (χ1n) is 5.55. The molecule has 0 aliphatic carbocycles. The maximum absolute atomic E-state index is 4.46. The molecule has 1 saturated heterocycles. The monoisotopic (exact) mass is 206 g/mol. The van der Waals surface area contributed by atoms with Crippen LogP contribution in [0.4, 0.5) is 5.82 Å². The summed E-state index contributed by atoms with van der Waals surface area (Å²) in [6.07, 6.45) is 3.78. The van der Waals surface area contributed by atoms with Crippen molar-refractivity contribution < 1.29 is 0 Å². The van der Waals surface area contributed by atoms with Gasteiger partial charge in [0.15, 0.2) is 0 Å². The van der Waals surface area contributed by atoms with Crippen molar-refractivity contribution in [1.29, 1.82) is 0 Å². The normalized spacial score (nSPS) is 17.1. The Balaban J connectivity index is 2.08. The fourth-order valence-corrected chi connectivity index (χ4v) is 1.69. The zero-order valence-corrected chi connectivity index (χ0v) is 9.40. The highest BCUT2D eigenvalue weighted by Gasteiger charge is 2.12. The number of aromatic nitrogens is 2. The number of hydrogen-bond donors (Lipinski definition) is 1. The minimum absolute atomic E-state index is 0.453. The van der Waals surface area contributed by atoms with Crippen molar-refractivity contribution in [1.82, 2.24) is 15.3 Å². The summed E-state index contributed by atoms with van der Waals surface area (Å²) >= 11 is 0. The van der Waals surface area contributed by atoms with E-state index in [2.05, 4.69) is 34.0 Å². The first kappa shape index (κ1) is 10.4. The van der Waals surface area contributed by atoms with Crippen molar-refractivity contribution in [2.24, 2.45) is 0 Å². The molecule has 1 aliphatic heterocycles. The molecule has 0 saturated carbocycles. The third kappa shape index (κ3) is 2.45. The van der Waals surface area contributed by atoms with Crippen LogP contribution in [-0.4, -0.2) is 36.1 Å². The highest BCUT2D eigenvalue weighted by molar-refractivity contribution is 5.36. The molecule has 4 heteroatoms. The third-order valence-electron chi connectivity index (χ3n) is 2.69. The average Bonchev–Trinajstić information content (AvgIpc) is 2.30. The molecule has 0 amide bonds.